The van der Waals surface area contributed by atoms with Gasteiger partial charge in [0.05, 0.1) is 6.54 Å². The number of amidine groups is 1. The van der Waals surface area contributed by atoms with Crippen LogP contribution in [-0.2, 0) is 4.79 Å². The Morgan fingerprint density at radius 3 is 2.65 bits per heavy atom. The summed E-state index contributed by atoms with van der Waals surface area (Å²) in [6.07, 6.45) is 0.914. The van der Waals surface area contributed by atoms with Gasteiger partial charge in [0.25, 0.3) is 0 Å². The first-order valence-electron chi connectivity index (χ1n) is 5.81. The van der Waals surface area contributed by atoms with E-state index in [1.807, 2.05) is 42.3 Å². The first-order valence-corrected chi connectivity index (χ1v) is 5.81. The molecule has 4 heteroatoms. The predicted octanol–water partition coefficient (Wildman–Crippen LogP) is 1.18. The number of benzene rings is 1. The lowest BCUT2D eigenvalue weighted by Gasteiger charge is -2.22. The average Bonchev–Trinajstić information content (AvgIpc) is 2.52. The zero-order valence-electron chi connectivity index (χ0n) is 10.0. The predicted molar refractivity (Wildman–Crippen MR) is 67.1 cm³/mol. The molecule has 0 atom stereocenters. The molecule has 4 nitrogen and oxygen atoms in total. The van der Waals surface area contributed by atoms with Gasteiger partial charge in [-0.15, -0.1) is 0 Å². The Kier molecular flexibility index (Phi) is 3.42. The zero-order chi connectivity index (χ0) is 12.3. The molecule has 17 heavy (non-hydrogen) atoms. The lowest BCUT2D eigenvalue weighted by molar-refractivity contribution is -0.129. The maximum absolute atomic E-state index is 11.7. The molecule has 1 N–H and O–H groups in total. The monoisotopic (exact) mass is 231 g/mol. The van der Waals surface area contributed by atoms with E-state index in [0.29, 0.717) is 12.4 Å². The molecule has 0 aliphatic carbocycles. The van der Waals surface area contributed by atoms with Crippen LogP contribution in [0.3, 0.4) is 0 Å². The van der Waals surface area contributed by atoms with Gasteiger partial charge in [-0.3, -0.25) is 10.2 Å². The van der Waals surface area contributed by atoms with Gasteiger partial charge in [0.1, 0.15) is 5.84 Å². The summed E-state index contributed by atoms with van der Waals surface area (Å²) in [5, 5.41) is 8.13. The van der Waals surface area contributed by atoms with Crippen LogP contribution in [-0.4, -0.2) is 48.2 Å². The Labute approximate surface area is 101 Å². The van der Waals surface area contributed by atoms with Crippen LogP contribution in [0.2, 0.25) is 0 Å². The lowest BCUT2D eigenvalue weighted by atomic mass is 10.2. The molecule has 1 aliphatic heterocycles. The van der Waals surface area contributed by atoms with E-state index in [1.165, 1.54) is 0 Å². The van der Waals surface area contributed by atoms with E-state index < -0.39 is 0 Å². The molecule has 0 radical (unpaired) electrons. The molecule has 1 aromatic rings. The van der Waals surface area contributed by atoms with Gasteiger partial charge < -0.3 is 9.80 Å². The number of nitrogens with zero attached hydrogens (tertiary/aromatic N) is 2. The van der Waals surface area contributed by atoms with Gasteiger partial charge in [-0.2, -0.15) is 0 Å². The van der Waals surface area contributed by atoms with Crippen LogP contribution in [0.4, 0.5) is 0 Å². The van der Waals surface area contributed by atoms with Crippen LogP contribution >= 0.6 is 0 Å². The molecule has 0 bridgehead atoms. The van der Waals surface area contributed by atoms with E-state index >= 15 is 0 Å². The number of hydrogen-bond acceptors (Lipinski definition) is 2. The topological polar surface area (TPSA) is 47.4 Å². The summed E-state index contributed by atoms with van der Waals surface area (Å²) in [5.74, 6) is 0.525. The second-order valence-electron chi connectivity index (χ2n) is 4.31. The molecule has 0 unspecified atom stereocenters. The molecule has 90 valence electrons. The average molecular weight is 231 g/mol. The zero-order valence-corrected chi connectivity index (χ0v) is 10.0. The van der Waals surface area contributed by atoms with Gasteiger partial charge >= 0.3 is 0 Å². The standard InChI is InChI=1S/C13H17N3O/c1-15-8-5-9-16(10-12(15)17)13(14)11-6-3-2-4-7-11/h2-4,6-7,14H,5,8-10H2,1H3. The van der Waals surface area contributed by atoms with E-state index in [1.54, 1.807) is 4.90 Å². The highest BCUT2D eigenvalue weighted by Crippen LogP contribution is 2.08. The molecule has 1 aromatic carbocycles. The minimum atomic E-state index is 0.0863. The Morgan fingerprint density at radius 1 is 1.24 bits per heavy atom. The number of carbonyl (C=O) groups is 1. The van der Waals surface area contributed by atoms with Crippen LogP contribution in [0.15, 0.2) is 30.3 Å². The van der Waals surface area contributed by atoms with Crippen molar-refractivity contribution >= 4 is 11.7 Å². The molecule has 0 saturated carbocycles. The van der Waals surface area contributed by atoms with Crippen molar-refractivity contribution in [1.82, 2.24) is 9.80 Å². The largest absolute Gasteiger partial charge is 0.347 e. The first-order chi connectivity index (χ1) is 8.18. The highest BCUT2D eigenvalue weighted by Gasteiger charge is 2.21. The van der Waals surface area contributed by atoms with Gasteiger partial charge in [-0.1, -0.05) is 30.3 Å². The number of amides is 1. The second kappa shape index (κ2) is 4.99. The van der Waals surface area contributed by atoms with Gasteiger partial charge in [0.15, 0.2) is 0 Å². The molecular formula is C13H17N3O. The van der Waals surface area contributed by atoms with Gasteiger partial charge in [0.2, 0.25) is 5.91 Å². The summed E-state index contributed by atoms with van der Waals surface area (Å²) >= 11 is 0. The van der Waals surface area contributed by atoms with Crippen LogP contribution in [0.1, 0.15) is 12.0 Å². The molecule has 1 saturated heterocycles. The van der Waals surface area contributed by atoms with Crippen molar-refractivity contribution in [2.45, 2.75) is 6.42 Å². The van der Waals surface area contributed by atoms with E-state index in [4.69, 9.17) is 5.41 Å². The SMILES string of the molecule is CN1CCCN(C(=N)c2ccccc2)CC1=O. The third kappa shape index (κ3) is 2.64. The number of rotatable bonds is 1. The van der Waals surface area contributed by atoms with Crippen molar-refractivity contribution in [2.75, 3.05) is 26.7 Å². The summed E-state index contributed by atoms with van der Waals surface area (Å²) < 4.78 is 0. The summed E-state index contributed by atoms with van der Waals surface area (Å²) in [6, 6.07) is 9.56. The van der Waals surface area contributed by atoms with Crippen LogP contribution in [0, 0.1) is 5.41 Å². The van der Waals surface area contributed by atoms with Crippen LogP contribution in [0.5, 0.6) is 0 Å². The third-order valence-electron chi connectivity index (χ3n) is 3.04. The summed E-state index contributed by atoms with van der Waals surface area (Å²) in [5.41, 5.74) is 0.866. The van der Waals surface area contributed by atoms with Crippen molar-refractivity contribution < 1.29 is 4.79 Å². The van der Waals surface area contributed by atoms with E-state index in [2.05, 4.69) is 0 Å². The molecule has 2 rings (SSSR count). The van der Waals surface area contributed by atoms with Gasteiger partial charge in [-0.05, 0) is 6.42 Å². The number of hydrogen-bond donors (Lipinski definition) is 1. The van der Waals surface area contributed by atoms with Crippen molar-refractivity contribution in [2.24, 2.45) is 0 Å². The van der Waals surface area contributed by atoms with Gasteiger partial charge in [0, 0.05) is 25.7 Å². The van der Waals surface area contributed by atoms with Crippen LogP contribution in [0.25, 0.3) is 0 Å². The van der Waals surface area contributed by atoms with Crippen LogP contribution < -0.4 is 0 Å². The normalized spacial score (nSPS) is 16.9. The minimum absolute atomic E-state index is 0.0863. The Balaban J connectivity index is 2.12. The number of nitrogens with one attached hydrogen (secondary N) is 1. The Morgan fingerprint density at radius 2 is 1.94 bits per heavy atom. The van der Waals surface area contributed by atoms with E-state index in [9.17, 15) is 4.79 Å². The first kappa shape index (κ1) is 11.6. The quantitative estimate of drug-likeness (QED) is 0.582. The summed E-state index contributed by atoms with van der Waals surface area (Å²) in [6.45, 7) is 1.85. The fourth-order valence-corrected chi connectivity index (χ4v) is 1.96. The molecule has 1 amide bonds. The minimum Gasteiger partial charge on any atom is -0.347 e. The maximum atomic E-state index is 11.7. The maximum Gasteiger partial charge on any atom is 0.241 e. The molecule has 0 aromatic heterocycles. The summed E-state index contributed by atoms with van der Waals surface area (Å²) in [7, 11) is 1.82. The van der Waals surface area contributed by atoms with Gasteiger partial charge in [-0.25, -0.2) is 0 Å². The van der Waals surface area contributed by atoms with Crippen molar-refractivity contribution in [3.63, 3.8) is 0 Å². The second-order valence-corrected chi connectivity index (χ2v) is 4.31. The lowest BCUT2D eigenvalue weighted by Crippen LogP contribution is -2.38. The third-order valence-corrected chi connectivity index (χ3v) is 3.04. The Bertz CT molecular complexity index is 416. The van der Waals surface area contributed by atoms with Crippen molar-refractivity contribution in [1.29, 1.82) is 5.41 Å². The molecule has 1 heterocycles. The molecule has 1 aliphatic rings. The van der Waals surface area contributed by atoms with E-state index in [0.717, 1.165) is 25.1 Å². The smallest absolute Gasteiger partial charge is 0.241 e. The fraction of sp³-hybridized carbons (Fsp3) is 0.385. The molecule has 1 fully saturated rings. The number of likely N-dealkylation sites (N-methyl/N-ethyl adjacent to an activating group) is 1. The summed E-state index contributed by atoms with van der Waals surface area (Å²) in [4.78, 5) is 15.3. The molecule has 0 spiro atoms. The van der Waals surface area contributed by atoms with Crippen molar-refractivity contribution in [3.05, 3.63) is 35.9 Å². The van der Waals surface area contributed by atoms with E-state index in [-0.39, 0.29) is 5.91 Å². The molecular weight excluding hydrogens is 214 g/mol. The Hall–Kier alpha value is -1.84. The number of carbonyl (C=O) groups excluding carboxylic acids is 1. The highest BCUT2D eigenvalue weighted by atomic mass is 16.2. The highest BCUT2D eigenvalue weighted by molar-refractivity contribution is 5.98. The fourth-order valence-electron chi connectivity index (χ4n) is 1.96. The van der Waals surface area contributed by atoms with Crippen molar-refractivity contribution in [3.8, 4) is 0 Å².